The number of aromatic nitrogens is 3. The van der Waals surface area contributed by atoms with E-state index in [4.69, 9.17) is 0 Å². The lowest BCUT2D eigenvalue weighted by molar-refractivity contribution is 0.402. The molecule has 0 spiro atoms. The van der Waals surface area contributed by atoms with Crippen molar-refractivity contribution in [3.8, 4) is 11.1 Å². The molecule has 2 aromatic heterocycles. The molecule has 20 heavy (non-hydrogen) atoms. The Morgan fingerprint density at radius 3 is 2.75 bits per heavy atom. The van der Waals surface area contributed by atoms with Gasteiger partial charge in [0.1, 0.15) is 0 Å². The molecule has 0 fully saturated rings. The molecule has 3 rings (SSSR count). The third-order valence-corrected chi connectivity index (χ3v) is 3.38. The summed E-state index contributed by atoms with van der Waals surface area (Å²) in [7, 11) is 4.13. The number of benzene rings is 1. The fourth-order valence-electron chi connectivity index (χ4n) is 2.42. The van der Waals surface area contributed by atoms with Crippen LogP contribution < -0.4 is 0 Å². The monoisotopic (exact) mass is 266 g/mol. The first-order valence-corrected chi connectivity index (χ1v) is 6.67. The number of pyridine rings is 1. The van der Waals surface area contributed by atoms with Crippen LogP contribution in [0.25, 0.3) is 22.0 Å². The quantitative estimate of drug-likeness (QED) is 0.792. The van der Waals surface area contributed by atoms with Gasteiger partial charge < -0.3 is 4.90 Å². The molecule has 4 nitrogen and oxygen atoms in total. The average molecular weight is 266 g/mol. The van der Waals surface area contributed by atoms with E-state index in [0.717, 1.165) is 23.3 Å². The van der Waals surface area contributed by atoms with Gasteiger partial charge in [-0.2, -0.15) is 5.10 Å². The Morgan fingerprint density at radius 2 is 1.95 bits per heavy atom. The van der Waals surface area contributed by atoms with Crippen molar-refractivity contribution in [2.45, 2.75) is 13.5 Å². The second-order valence-corrected chi connectivity index (χ2v) is 5.39. The van der Waals surface area contributed by atoms with Gasteiger partial charge in [-0.05, 0) is 50.3 Å². The number of rotatable bonds is 3. The highest BCUT2D eigenvalue weighted by Crippen LogP contribution is 2.25. The summed E-state index contributed by atoms with van der Waals surface area (Å²) < 4.78 is 0. The third kappa shape index (κ3) is 2.42. The molecule has 0 aliphatic rings. The van der Waals surface area contributed by atoms with Crippen LogP contribution in [0, 0.1) is 6.92 Å². The second-order valence-electron chi connectivity index (χ2n) is 5.39. The lowest BCUT2D eigenvalue weighted by Crippen LogP contribution is -2.10. The number of fused-ring (bicyclic) bond motifs is 1. The third-order valence-electron chi connectivity index (χ3n) is 3.38. The topological polar surface area (TPSA) is 44.8 Å². The fourth-order valence-corrected chi connectivity index (χ4v) is 2.42. The molecular formula is C16H18N4. The molecule has 1 aromatic carbocycles. The minimum Gasteiger partial charge on any atom is -0.305 e. The van der Waals surface area contributed by atoms with Crippen molar-refractivity contribution in [1.82, 2.24) is 20.1 Å². The molecule has 4 heteroatoms. The first-order valence-electron chi connectivity index (χ1n) is 6.67. The number of aryl methyl sites for hydroxylation is 1. The van der Waals surface area contributed by atoms with Gasteiger partial charge in [0.25, 0.3) is 0 Å². The molecule has 0 atom stereocenters. The molecule has 0 radical (unpaired) electrons. The molecule has 0 bridgehead atoms. The first kappa shape index (κ1) is 12.8. The van der Waals surface area contributed by atoms with Crippen LogP contribution in [-0.4, -0.2) is 34.2 Å². The van der Waals surface area contributed by atoms with Crippen LogP contribution in [0.15, 0.2) is 36.7 Å². The molecule has 0 saturated heterocycles. The maximum atomic E-state index is 4.35. The lowest BCUT2D eigenvalue weighted by atomic mass is 10.0. The van der Waals surface area contributed by atoms with Crippen LogP contribution in [0.2, 0.25) is 0 Å². The van der Waals surface area contributed by atoms with E-state index >= 15 is 0 Å². The number of hydrogen-bond donors (Lipinski definition) is 1. The molecule has 102 valence electrons. The van der Waals surface area contributed by atoms with Gasteiger partial charge in [-0.1, -0.05) is 6.07 Å². The molecular weight excluding hydrogens is 248 g/mol. The number of hydrogen-bond acceptors (Lipinski definition) is 3. The maximum absolute atomic E-state index is 4.35. The van der Waals surface area contributed by atoms with E-state index in [-0.39, 0.29) is 0 Å². The summed E-state index contributed by atoms with van der Waals surface area (Å²) in [6.07, 6.45) is 3.83. The van der Waals surface area contributed by atoms with Gasteiger partial charge in [0.05, 0.1) is 11.2 Å². The fraction of sp³-hybridized carbons (Fsp3) is 0.250. The molecule has 2 heterocycles. The van der Waals surface area contributed by atoms with E-state index < -0.39 is 0 Å². The highest BCUT2D eigenvalue weighted by Gasteiger charge is 2.05. The van der Waals surface area contributed by atoms with Gasteiger partial charge in [-0.3, -0.25) is 10.1 Å². The minimum atomic E-state index is 0.897. The second kappa shape index (κ2) is 5.06. The van der Waals surface area contributed by atoms with E-state index in [1.54, 1.807) is 0 Å². The Balaban J connectivity index is 2.03. The highest BCUT2D eigenvalue weighted by atomic mass is 15.1. The Kier molecular flexibility index (Phi) is 3.24. The highest BCUT2D eigenvalue weighted by molar-refractivity contribution is 5.86. The van der Waals surface area contributed by atoms with E-state index in [2.05, 4.69) is 58.4 Å². The van der Waals surface area contributed by atoms with Crippen LogP contribution >= 0.6 is 0 Å². The summed E-state index contributed by atoms with van der Waals surface area (Å²) in [6.45, 7) is 2.91. The zero-order valence-corrected chi connectivity index (χ0v) is 12.0. The van der Waals surface area contributed by atoms with Crippen molar-refractivity contribution in [2.24, 2.45) is 0 Å². The molecule has 0 aliphatic heterocycles. The zero-order valence-electron chi connectivity index (χ0n) is 12.0. The largest absolute Gasteiger partial charge is 0.305 e. The number of nitrogens with zero attached hydrogens (tertiary/aromatic N) is 3. The van der Waals surface area contributed by atoms with E-state index in [0.29, 0.717) is 0 Å². The summed E-state index contributed by atoms with van der Waals surface area (Å²) in [5.74, 6) is 0. The Hall–Kier alpha value is -2.20. The zero-order chi connectivity index (χ0) is 14.1. The van der Waals surface area contributed by atoms with Crippen LogP contribution in [0.3, 0.4) is 0 Å². The van der Waals surface area contributed by atoms with E-state index in [1.165, 1.54) is 16.5 Å². The summed E-state index contributed by atoms with van der Waals surface area (Å²) >= 11 is 0. The van der Waals surface area contributed by atoms with Crippen molar-refractivity contribution < 1.29 is 0 Å². The van der Waals surface area contributed by atoms with Gasteiger partial charge in [0.2, 0.25) is 0 Å². The van der Waals surface area contributed by atoms with Crippen molar-refractivity contribution in [1.29, 1.82) is 0 Å². The first-order chi connectivity index (χ1) is 9.63. The predicted octanol–water partition coefficient (Wildman–Crippen LogP) is 2.99. The van der Waals surface area contributed by atoms with Crippen LogP contribution in [0.5, 0.6) is 0 Å². The van der Waals surface area contributed by atoms with Crippen LogP contribution in [-0.2, 0) is 6.54 Å². The molecule has 0 amide bonds. The average Bonchev–Trinajstić information content (AvgIpc) is 2.80. The summed E-state index contributed by atoms with van der Waals surface area (Å²) in [4.78, 5) is 6.50. The number of H-pyrrole nitrogens is 1. The van der Waals surface area contributed by atoms with Gasteiger partial charge in [0.15, 0.2) is 0 Å². The smallest absolute Gasteiger partial charge is 0.0670 e. The molecule has 1 N–H and O–H groups in total. The van der Waals surface area contributed by atoms with Crippen molar-refractivity contribution in [2.75, 3.05) is 14.1 Å². The summed E-state index contributed by atoms with van der Waals surface area (Å²) in [5.41, 5.74) is 5.64. The van der Waals surface area contributed by atoms with Crippen molar-refractivity contribution in [3.05, 3.63) is 47.9 Å². The number of aromatic amines is 1. The maximum Gasteiger partial charge on any atom is 0.0670 e. The van der Waals surface area contributed by atoms with Gasteiger partial charge in [-0.25, -0.2) is 0 Å². The molecule has 3 aromatic rings. The minimum absolute atomic E-state index is 0.897. The predicted molar refractivity (Wildman–Crippen MR) is 81.5 cm³/mol. The molecule has 0 unspecified atom stereocenters. The summed E-state index contributed by atoms with van der Waals surface area (Å²) in [5, 5.41) is 8.44. The van der Waals surface area contributed by atoms with Gasteiger partial charge in [0, 0.05) is 29.9 Å². The Morgan fingerprint density at radius 1 is 1.10 bits per heavy atom. The summed E-state index contributed by atoms with van der Waals surface area (Å²) in [6, 6.07) is 8.55. The van der Waals surface area contributed by atoms with Crippen molar-refractivity contribution >= 4 is 10.9 Å². The molecule has 0 aliphatic carbocycles. The SMILES string of the molecule is Cc1n[nH]c2ccc(-c3cncc(CN(C)C)c3)cc12. The molecule has 0 saturated carbocycles. The Labute approximate surface area is 118 Å². The van der Waals surface area contributed by atoms with Gasteiger partial charge >= 0.3 is 0 Å². The van der Waals surface area contributed by atoms with Crippen LogP contribution in [0.1, 0.15) is 11.3 Å². The standard InChI is InChI=1S/C16H18N4/c1-11-15-7-13(4-5-16(15)19-18-11)14-6-12(8-17-9-14)10-20(2)3/h4-9H,10H2,1-3H3,(H,18,19). The lowest BCUT2D eigenvalue weighted by Gasteiger charge is -2.10. The Bertz CT molecular complexity index is 743. The van der Waals surface area contributed by atoms with E-state index in [9.17, 15) is 0 Å². The van der Waals surface area contributed by atoms with Crippen LogP contribution in [0.4, 0.5) is 0 Å². The number of nitrogens with one attached hydrogen (secondary N) is 1. The normalized spacial score (nSPS) is 11.4. The van der Waals surface area contributed by atoms with E-state index in [1.807, 2.05) is 19.3 Å². The van der Waals surface area contributed by atoms with Crippen molar-refractivity contribution in [3.63, 3.8) is 0 Å². The van der Waals surface area contributed by atoms with Gasteiger partial charge in [-0.15, -0.1) is 0 Å².